The van der Waals surface area contributed by atoms with Crippen molar-refractivity contribution in [3.63, 3.8) is 0 Å². The van der Waals surface area contributed by atoms with Gasteiger partial charge in [0.1, 0.15) is 22.8 Å². The van der Waals surface area contributed by atoms with Gasteiger partial charge in [0.05, 0.1) is 5.41 Å². The largest absolute Gasteiger partial charge is 0.394 e. The highest BCUT2D eigenvalue weighted by atomic mass is 31.0. The van der Waals surface area contributed by atoms with E-state index in [2.05, 4.69) is 50.7 Å². The Kier molecular flexibility index (Phi) is 8.17. The predicted molar refractivity (Wildman–Crippen MR) is 172 cm³/mol. The zero-order valence-electron chi connectivity index (χ0n) is 24.9. The van der Waals surface area contributed by atoms with Gasteiger partial charge in [-0.25, -0.2) is 9.38 Å². The Morgan fingerprint density at radius 1 is 0.936 bits per heavy atom. The van der Waals surface area contributed by atoms with Crippen LogP contribution in [-0.2, 0) is 17.9 Å². The Morgan fingerprint density at radius 3 is 2.32 bits per heavy atom. The molecule has 1 atom stereocenters. The number of aromatic nitrogens is 4. The van der Waals surface area contributed by atoms with E-state index >= 15 is 0 Å². The molecular weight excluding hydrogens is 631 g/mol. The number of amides is 3. The number of nitrogens with zero attached hydrogens (tertiary/aromatic N) is 6. The minimum Gasteiger partial charge on any atom is -0.394 e. The van der Waals surface area contributed by atoms with Crippen molar-refractivity contribution in [1.82, 2.24) is 30.2 Å². The molecule has 4 aromatic rings. The minimum absolute atomic E-state index is 0.0441. The molecular formula is C29H29N10O7P. The van der Waals surface area contributed by atoms with Crippen LogP contribution in [0.2, 0.25) is 0 Å². The number of anilines is 2. The van der Waals surface area contributed by atoms with E-state index in [1.165, 1.54) is 6.07 Å². The van der Waals surface area contributed by atoms with Gasteiger partial charge in [0.15, 0.2) is 0 Å². The van der Waals surface area contributed by atoms with Gasteiger partial charge in [0, 0.05) is 30.0 Å². The number of hydrogen-bond acceptors (Lipinski definition) is 13. The average molecular weight is 661 g/mol. The fraction of sp³-hybridized carbons (Fsp3) is 0.379. The molecule has 17 nitrogen and oxygen atoms in total. The molecule has 2 bridgehead atoms. The Bertz CT molecular complexity index is 2030. The molecule has 7 rings (SSSR count). The molecule has 2 heterocycles. The SMILES string of the molecule is Nc1c(NCc2cc(CNC(=O)c3cc(C(=O)NCC45CCC(C(=O)N=O)(CC4)CC5)nc4nnc(N=O)n34)ccc2P)c(=O)c1=O. The lowest BCUT2D eigenvalue weighted by Gasteiger charge is -2.51. The number of carbonyl (C=O) groups is 3. The maximum absolute atomic E-state index is 13.5. The Morgan fingerprint density at radius 2 is 1.66 bits per heavy atom. The summed E-state index contributed by atoms with van der Waals surface area (Å²) in [5.41, 5.74) is 4.41. The number of rotatable bonds is 11. The van der Waals surface area contributed by atoms with Crippen LogP contribution in [0.15, 0.2) is 44.2 Å². The van der Waals surface area contributed by atoms with Crippen molar-refractivity contribution in [2.24, 2.45) is 21.2 Å². The summed E-state index contributed by atoms with van der Waals surface area (Å²) in [7, 11) is 2.57. The molecule has 3 aliphatic carbocycles. The molecule has 2 aromatic carbocycles. The molecule has 242 valence electrons. The standard InChI is InChI=1S/C29H29N10O7P/c30-19-20(22(41)21(19)40)31-12-15-9-14(1-2-18(15)47)11-32-24(43)17-10-16(34-26-35-36-27(38-46)39(17)26)23(42)33-13-28-3-6-29(7-4-28,8-5-28)25(44)37-45/h1-2,9-10,31H,3-8,11-13,30,47H2,(H,32,43)(H,33,42). The van der Waals surface area contributed by atoms with Crippen LogP contribution >= 0.6 is 9.24 Å². The van der Waals surface area contributed by atoms with Crippen LogP contribution < -0.4 is 37.8 Å². The first-order chi connectivity index (χ1) is 22.5. The lowest BCUT2D eigenvalue weighted by atomic mass is 9.53. The smallest absolute Gasteiger partial charge is 0.298 e. The number of nitrogens with two attached hydrogens (primary N) is 1. The molecule has 0 spiro atoms. The molecule has 0 aliphatic heterocycles. The second-order valence-electron chi connectivity index (χ2n) is 12.1. The van der Waals surface area contributed by atoms with Crippen molar-refractivity contribution in [1.29, 1.82) is 0 Å². The third-order valence-corrected chi connectivity index (χ3v) is 10.1. The van der Waals surface area contributed by atoms with Gasteiger partial charge in [-0.05, 0) is 66.4 Å². The number of carbonyl (C=O) groups excluding carboxylic acids is 3. The van der Waals surface area contributed by atoms with Gasteiger partial charge in [-0.15, -0.1) is 29.3 Å². The van der Waals surface area contributed by atoms with E-state index in [1.54, 1.807) is 18.2 Å². The molecule has 47 heavy (non-hydrogen) atoms. The van der Waals surface area contributed by atoms with Crippen LogP contribution in [0.1, 0.15) is 70.6 Å². The zero-order valence-corrected chi connectivity index (χ0v) is 26.0. The van der Waals surface area contributed by atoms with Crippen molar-refractivity contribution in [2.45, 2.75) is 51.6 Å². The molecule has 3 aliphatic rings. The molecule has 3 saturated carbocycles. The first-order valence-electron chi connectivity index (χ1n) is 14.7. The highest BCUT2D eigenvalue weighted by Gasteiger charge is 2.52. The predicted octanol–water partition coefficient (Wildman–Crippen LogP) is 1.11. The van der Waals surface area contributed by atoms with Crippen LogP contribution in [0, 0.1) is 20.6 Å². The number of fused-ring (bicyclic) bond motifs is 4. The van der Waals surface area contributed by atoms with Gasteiger partial charge in [-0.1, -0.05) is 18.2 Å². The maximum atomic E-state index is 13.5. The molecule has 18 heteroatoms. The van der Waals surface area contributed by atoms with Gasteiger partial charge in [0.2, 0.25) is 0 Å². The molecule has 3 amide bonds. The van der Waals surface area contributed by atoms with Crippen molar-refractivity contribution >= 4 is 55.4 Å². The normalized spacial score (nSPS) is 20.2. The summed E-state index contributed by atoms with van der Waals surface area (Å²) in [5, 5.41) is 22.3. The second kappa shape index (κ2) is 12.1. The summed E-state index contributed by atoms with van der Waals surface area (Å²) in [6, 6.07) is 6.60. The molecule has 1 unspecified atom stereocenters. The summed E-state index contributed by atoms with van der Waals surface area (Å²) in [6.45, 7) is 0.553. The Balaban J connectivity index is 1.15. The second-order valence-corrected chi connectivity index (χ2v) is 12.8. The minimum atomic E-state index is -0.723. The van der Waals surface area contributed by atoms with Crippen molar-refractivity contribution in [3.05, 3.63) is 77.0 Å². The van der Waals surface area contributed by atoms with Crippen molar-refractivity contribution < 1.29 is 14.4 Å². The molecule has 5 N–H and O–H groups in total. The van der Waals surface area contributed by atoms with E-state index in [0.717, 1.165) is 15.3 Å². The van der Waals surface area contributed by atoms with Crippen LogP contribution in [-0.4, -0.2) is 43.8 Å². The third-order valence-electron chi connectivity index (χ3n) is 9.54. The summed E-state index contributed by atoms with van der Waals surface area (Å²) in [5.74, 6) is -2.42. The fourth-order valence-electron chi connectivity index (χ4n) is 6.50. The highest BCUT2D eigenvalue weighted by Crippen LogP contribution is 2.57. The average Bonchev–Trinajstić information content (AvgIpc) is 3.53. The van der Waals surface area contributed by atoms with Crippen LogP contribution in [0.25, 0.3) is 5.78 Å². The summed E-state index contributed by atoms with van der Waals surface area (Å²) in [4.78, 5) is 88.5. The van der Waals surface area contributed by atoms with Gasteiger partial charge >= 0.3 is 0 Å². The number of benzene rings is 1. The van der Waals surface area contributed by atoms with Gasteiger partial charge in [-0.3, -0.25) is 24.0 Å². The van der Waals surface area contributed by atoms with Crippen LogP contribution in [0.5, 0.6) is 0 Å². The van der Waals surface area contributed by atoms with E-state index in [0.29, 0.717) is 50.6 Å². The van der Waals surface area contributed by atoms with Gasteiger partial charge in [0.25, 0.3) is 40.3 Å². The summed E-state index contributed by atoms with van der Waals surface area (Å²) >= 11 is 0. The Labute approximate surface area is 267 Å². The van der Waals surface area contributed by atoms with Crippen LogP contribution in [0.3, 0.4) is 0 Å². The van der Waals surface area contributed by atoms with E-state index in [1.807, 2.05) is 0 Å². The molecule has 0 saturated heterocycles. The molecule has 0 radical (unpaired) electrons. The van der Waals surface area contributed by atoms with E-state index < -0.39 is 39.9 Å². The molecule has 2 aromatic heterocycles. The van der Waals surface area contributed by atoms with Gasteiger partial charge < -0.3 is 21.7 Å². The lowest BCUT2D eigenvalue weighted by Crippen LogP contribution is -2.50. The quantitative estimate of drug-likeness (QED) is 0.100. The first-order valence-corrected chi connectivity index (χ1v) is 15.3. The summed E-state index contributed by atoms with van der Waals surface area (Å²) in [6.07, 6.45) is 3.59. The number of nitrogens with one attached hydrogen (secondary N) is 3. The van der Waals surface area contributed by atoms with E-state index in [-0.39, 0.29) is 47.0 Å². The number of hydrogen-bond donors (Lipinski definition) is 4. The Hall–Kier alpha value is -5.31. The van der Waals surface area contributed by atoms with Crippen molar-refractivity contribution in [2.75, 3.05) is 17.6 Å². The fourth-order valence-corrected chi connectivity index (χ4v) is 6.78. The maximum Gasteiger partial charge on any atom is 0.298 e. The van der Waals surface area contributed by atoms with Gasteiger partial charge in [-0.2, -0.15) is 0 Å². The molecule has 3 fully saturated rings. The van der Waals surface area contributed by atoms with Crippen LogP contribution in [0.4, 0.5) is 17.3 Å². The van der Waals surface area contributed by atoms with Crippen molar-refractivity contribution in [3.8, 4) is 0 Å². The summed E-state index contributed by atoms with van der Waals surface area (Å²) < 4.78 is 1.05. The zero-order chi connectivity index (χ0) is 33.5. The third kappa shape index (κ3) is 5.67. The topological polar surface area (TPSA) is 249 Å². The van der Waals surface area contributed by atoms with E-state index in [9.17, 15) is 33.8 Å². The highest BCUT2D eigenvalue weighted by molar-refractivity contribution is 7.27. The number of nitrogen functional groups attached to an aromatic ring is 1. The lowest BCUT2D eigenvalue weighted by molar-refractivity contribution is -0.136. The number of nitroso groups, excluding NO2 is 2. The van der Waals surface area contributed by atoms with E-state index in [4.69, 9.17) is 5.73 Å². The first kappa shape index (κ1) is 31.7. The monoisotopic (exact) mass is 660 g/mol.